The summed E-state index contributed by atoms with van der Waals surface area (Å²) in [4.78, 5) is 4.37. The van der Waals surface area contributed by atoms with Gasteiger partial charge in [0.25, 0.3) is 0 Å². The van der Waals surface area contributed by atoms with Crippen molar-refractivity contribution >= 4 is 33.5 Å². The van der Waals surface area contributed by atoms with Gasteiger partial charge >= 0.3 is 0 Å². The molecule has 0 atom stereocenters. The number of pyridine rings is 1. The summed E-state index contributed by atoms with van der Waals surface area (Å²) in [5.41, 5.74) is 0. The molecule has 1 aromatic rings. The Bertz CT molecular complexity index is 300. The van der Waals surface area contributed by atoms with E-state index in [0.29, 0.717) is 6.04 Å². The van der Waals surface area contributed by atoms with E-state index in [4.69, 9.17) is 0 Å². The van der Waals surface area contributed by atoms with Gasteiger partial charge in [0.05, 0.1) is 0 Å². The highest BCUT2D eigenvalue weighted by molar-refractivity contribution is 9.10. The molecule has 1 aliphatic heterocycles. The fourth-order valence-electron chi connectivity index (χ4n) is 1.54. The van der Waals surface area contributed by atoms with E-state index in [0.717, 1.165) is 10.4 Å². The number of nitrogens with zero attached hydrogens (tertiary/aromatic N) is 1. The number of hydrogen-bond donors (Lipinski definition) is 1. The Morgan fingerprint density at radius 3 is 2.86 bits per heavy atom. The maximum atomic E-state index is 4.37. The van der Waals surface area contributed by atoms with Crippen LogP contribution in [0.3, 0.4) is 0 Å². The fraction of sp³-hybridized carbons (Fsp3) is 0.500. The second kappa shape index (κ2) is 5.03. The molecule has 14 heavy (non-hydrogen) atoms. The van der Waals surface area contributed by atoms with Crippen LogP contribution < -0.4 is 5.32 Å². The fourth-order valence-corrected chi connectivity index (χ4v) is 2.99. The van der Waals surface area contributed by atoms with Gasteiger partial charge in [0.15, 0.2) is 0 Å². The van der Waals surface area contributed by atoms with Gasteiger partial charge in [-0.25, -0.2) is 4.98 Å². The molecule has 0 radical (unpaired) electrons. The van der Waals surface area contributed by atoms with Crippen molar-refractivity contribution in [1.29, 1.82) is 0 Å². The summed E-state index contributed by atoms with van der Waals surface area (Å²) in [6.07, 6.45) is 2.50. The molecular weight excluding hydrogens is 260 g/mol. The molecule has 4 heteroatoms. The zero-order chi connectivity index (χ0) is 9.80. The molecule has 1 aliphatic rings. The second-order valence-corrected chi connectivity index (χ2v) is 5.41. The average molecular weight is 273 g/mol. The minimum absolute atomic E-state index is 0.609. The number of nitrogens with one attached hydrogen (secondary N) is 1. The lowest BCUT2D eigenvalue weighted by Gasteiger charge is -2.22. The largest absolute Gasteiger partial charge is 0.367 e. The topological polar surface area (TPSA) is 24.9 Å². The number of halogens is 1. The van der Waals surface area contributed by atoms with Gasteiger partial charge in [-0.1, -0.05) is 6.07 Å². The third kappa shape index (κ3) is 2.89. The van der Waals surface area contributed by atoms with Crippen molar-refractivity contribution in [2.75, 3.05) is 16.8 Å². The Hall–Kier alpha value is -0.220. The van der Waals surface area contributed by atoms with Gasteiger partial charge in [0.2, 0.25) is 0 Å². The summed E-state index contributed by atoms with van der Waals surface area (Å²) in [5.74, 6) is 3.52. The van der Waals surface area contributed by atoms with Crippen LogP contribution in [0, 0.1) is 0 Å². The van der Waals surface area contributed by atoms with Crippen molar-refractivity contribution in [3.63, 3.8) is 0 Å². The third-order valence-electron chi connectivity index (χ3n) is 2.29. The maximum absolute atomic E-state index is 4.37. The van der Waals surface area contributed by atoms with E-state index >= 15 is 0 Å². The lowest BCUT2D eigenvalue weighted by atomic mass is 10.1. The SMILES string of the molecule is Brc1cccc(NC2CCSCC2)n1. The van der Waals surface area contributed by atoms with Crippen LogP contribution >= 0.6 is 27.7 Å². The standard InChI is InChI=1S/C10H13BrN2S/c11-9-2-1-3-10(13-9)12-8-4-6-14-7-5-8/h1-3,8H,4-7H2,(H,12,13). The number of aromatic nitrogens is 1. The van der Waals surface area contributed by atoms with Crippen molar-refractivity contribution in [1.82, 2.24) is 4.98 Å². The third-order valence-corrected chi connectivity index (χ3v) is 3.78. The van der Waals surface area contributed by atoms with E-state index in [1.165, 1.54) is 24.3 Å². The van der Waals surface area contributed by atoms with Crippen molar-refractivity contribution in [2.24, 2.45) is 0 Å². The Balaban J connectivity index is 1.95. The van der Waals surface area contributed by atoms with Crippen molar-refractivity contribution in [3.05, 3.63) is 22.8 Å². The highest BCUT2D eigenvalue weighted by Crippen LogP contribution is 2.20. The van der Waals surface area contributed by atoms with Crippen LogP contribution in [0.2, 0.25) is 0 Å². The zero-order valence-electron chi connectivity index (χ0n) is 7.87. The average Bonchev–Trinajstić information content (AvgIpc) is 2.19. The Kier molecular flexibility index (Phi) is 3.70. The smallest absolute Gasteiger partial charge is 0.127 e. The molecule has 1 saturated heterocycles. The van der Waals surface area contributed by atoms with E-state index in [1.54, 1.807) is 0 Å². The first kappa shape index (κ1) is 10.3. The van der Waals surface area contributed by atoms with Gasteiger partial charge in [0, 0.05) is 6.04 Å². The molecule has 2 nitrogen and oxygen atoms in total. The summed E-state index contributed by atoms with van der Waals surface area (Å²) in [5, 5.41) is 3.47. The summed E-state index contributed by atoms with van der Waals surface area (Å²) < 4.78 is 0.896. The van der Waals surface area contributed by atoms with Crippen molar-refractivity contribution in [3.8, 4) is 0 Å². The first-order valence-electron chi connectivity index (χ1n) is 4.81. The zero-order valence-corrected chi connectivity index (χ0v) is 10.3. The lowest BCUT2D eigenvalue weighted by Crippen LogP contribution is -2.24. The van der Waals surface area contributed by atoms with Crippen LogP contribution in [-0.4, -0.2) is 22.5 Å². The first-order chi connectivity index (χ1) is 6.84. The van der Waals surface area contributed by atoms with Gasteiger partial charge in [-0.05, 0) is 52.4 Å². The van der Waals surface area contributed by atoms with Crippen LogP contribution in [0.5, 0.6) is 0 Å². The Morgan fingerprint density at radius 1 is 1.36 bits per heavy atom. The summed E-state index contributed by atoms with van der Waals surface area (Å²) in [7, 11) is 0. The molecule has 1 aromatic heterocycles. The van der Waals surface area contributed by atoms with Crippen LogP contribution in [0.1, 0.15) is 12.8 Å². The van der Waals surface area contributed by atoms with Crippen molar-refractivity contribution < 1.29 is 0 Å². The van der Waals surface area contributed by atoms with E-state index in [9.17, 15) is 0 Å². The number of hydrogen-bond acceptors (Lipinski definition) is 3. The van der Waals surface area contributed by atoms with E-state index < -0.39 is 0 Å². The number of anilines is 1. The second-order valence-electron chi connectivity index (χ2n) is 3.38. The van der Waals surface area contributed by atoms with E-state index in [2.05, 4.69) is 26.2 Å². The van der Waals surface area contributed by atoms with Crippen LogP contribution in [-0.2, 0) is 0 Å². The summed E-state index contributed by atoms with van der Waals surface area (Å²) in [6.45, 7) is 0. The quantitative estimate of drug-likeness (QED) is 0.838. The van der Waals surface area contributed by atoms with Gasteiger partial charge in [-0.2, -0.15) is 11.8 Å². The molecule has 1 N–H and O–H groups in total. The normalized spacial score (nSPS) is 18.1. The molecule has 0 amide bonds. The van der Waals surface area contributed by atoms with E-state index in [1.807, 2.05) is 30.0 Å². The minimum atomic E-state index is 0.609. The van der Waals surface area contributed by atoms with Gasteiger partial charge in [0.1, 0.15) is 10.4 Å². The van der Waals surface area contributed by atoms with Crippen molar-refractivity contribution in [2.45, 2.75) is 18.9 Å². The highest BCUT2D eigenvalue weighted by Gasteiger charge is 2.13. The molecule has 0 saturated carbocycles. The van der Waals surface area contributed by atoms with Gasteiger partial charge < -0.3 is 5.32 Å². The Morgan fingerprint density at radius 2 is 2.14 bits per heavy atom. The molecule has 76 valence electrons. The van der Waals surface area contributed by atoms with E-state index in [-0.39, 0.29) is 0 Å². The molecular formula is C10H13BrN2S. The summed E-state index contributed by atoms with van der Waals surface area (Å²) >= 11 is 5.41. The minimum Gasteiger partial charge on any atom is -0.367 e. The van der Waals surface area contributed by atoms with Gasteiger partial charge in [-0.15, -0.1) is 0 Å². The molecule has 0 spiro atoms. The number of rotatable bonds is 2. The molecule has 0 aromatic carbocycles. The maximum Gasteiger partial charge on any atom is 0.127 e. The molecule has 1 fully saturated rings. The summed E-state index contributed by atoms with van der Waals surface area (Å²) in [6, 6.07) is 6.59. The molecule has 0 bridgehead atoms. The lowest BCUT2D eigenvalue weighted by molar-refractivity contribution is 0.663. The van der Waals surface area contributed by atoms with Crippen LogP contribution in [0.15, 0.2) is 22.8 Å². The first-order valence-corrected chi connectivity index (χ1v) is 6.76. The van der Waals surface area contributed by atoms with Crippen LogP contribution in [0.25, 0.3) is 0 Å². The van der Waals surface area contributed by atoms with Gasteiger partial charge in [-0.3, -0.25) is 0 Å². The molecule has 2 heterocycles. The predicted octanol–water partition coefficient (Wildman–Crippen LogP) is 3.15. The number of thioether (sulfide) groups is 1. The molecule has 0 unspecified atom stereocenters. The van der Waals surface area contributed by atoms with Crippen LogP contribution in [0.4, 0.5) is 5.82 Å². The highest BCUT2D eigenvalue weighted by atomic mass is 79.9. The molecule has 2 rings (SSSR count). The monoisotopic (exact) mass is 272 g/mol. The predicted molar refractivity (Wildman–Crippen MR) is 65.9 cm³/mol. The Labute approximate surface area is 97.0 Å². The molecule has 0 aliphatic carbocycles.